The van der Waals surface area contributed by atoms with E-state index in [4.69, 9.17) is 15.9 Å². The van der Waals surface area contributed by atoms with E-state index in [1.165, 1.54) is 32.1 Å². The van der Waals surface area contributed by atoms with Gasteiger partial charge in [0, 0.05) is 13.0 Å². The van der Waals surface area contributed by atoms with Crippen molar-refractivity contribution in [2.75, 3.05) is 6.54 Å². The Morgan fingerprint density at radius 2 is 1.44 bits per heavy atom. The standard InChI is InChI=1S/C10H20O2.C4H11NO/c1-2-3-4-5-6-7-8-9-10(11)12;1-4(2,6)3-5/h2-9H2,1H3,(H,11,12);6H,3,5H2,1-2H3. The molecule has 0 saturated carbocycles. The van der Waals surface area contributed by atoms with Crippen molar-refractivity contribution in [2.24, 2.45) is 5.73 Å². The van der Waals surface area contributed by atoms with Gasteiger partial charge < -0.3 is 15.9 Å². The van der Waals surface area contributed by atoms with Crippen molar-refractivity contribution in [3.05, 3.63) is 0 Å². The van der Waals surface area contributed by atoms with Crippen LogP contribution in [-0.2, 0) is 4.79 Å². The Hall–Kier alpha value is -0.610. The molecule has 0 rings (SSSR count). The number of hydrogen-bond donors (Lipinski definition) is 3. The third-order valence-corrected chi connectivity index (χ3v) is 2.49. The van der Waals surface area contributed by atoms with Gasteiger partial charge in [-0.2, -0.15) is 0 Å². The Labute approximate surface area is 112 Å². The number of carboxylic acids is 1. The zero-order chi connectivity index (χ0) is 14.4. The van der Waals surface area contributed by atoms with Crippen LogP contribution in [0.4, 0.5) is 0 Å². The number of aliphatic hydroxyl groups is 1. The van der Waals surface area contributed by atoms with Crippen LogP contribution < -0.4 is 5.73 Å². The van der Waals surface area contributed by atoms with Crippen LogP contribution in [0.25, 0.3) is 0 Å². The second-order valence-electron chi connectivity index (χ2n) is 5.28. The molecule has 0 aromatic heterocycles. The van der Waals surface area contributed by atoms with Crippen LogP contribution in [0.2, 0.25) is 0 Å². The van der Waals surface area contributed by atoms with Gasteiger partial charge in [-0.3, -0.25) is 4.79 Å². The van der Waals surface area contributed by atoms with E-state index in [1.54, 1.807) is 13.8 Å². The Morgan fingerprint density at radius 1 is 1.06 bits per heavy atom. The lowest BCUT2D eigenvalue weighted by molar-refractivity contribution is -0.137. The average Bonchev–Trinajstić information content (AvgIpc) is 2.27. The number of rotatable bonds is 9. The fourth-order valence-corrected chi connectivity index (χ4v) is 1.23. The number of carbonyl (C=O) groups is 1. The molecule has 4 N–H and O–H groups in total. The van der Waals surface area contributed by atoms with Crippen LogP contribution in [0.15, 0.2) is 0 Å². The highest BCUT2D eigenvalue weighted by Gasteiger charge is 2.06. The summed E-state index contributed by atoms with van der Waals surface area (Å²) < 4.78 is 0. The van der Waals surface area contributed by atoms with Gasteiger partial charge in [0.25, 0.3) is 0 Å². The van der Waals surface area contributed by atoms with Crippen LogP contribution >= 0.6 is 0 Å². The van der Waals surface area contributed by atoms with Gasteiger partial charge in [0.05, 0.1) is 5.60 Å². The molecule has 0 saturated heterocycles. The molecule has 0 unspecified atom stereocenters. The molecule has 0 aliphatic carbocycles. The highest BCUT2D eigenvalue weighted by molar-refractivity contribution is 5.66. The molecule has 18 heavy (non-hydrogen) atoms. The molecule has 0 amide bonds. The first kappa shape index (κ1) is 19.7. The molecule has 0 aliphatic rings. The SMILES string of the molecule is CC(C)(O)CN.CCCCCCCCCC(=O)O. The summed E-state index contributed by atoms with van der Waals surface area (Å²) in [7, 11) is 0. The first-order valence-corrected chi connectivity index (χ1v) is 6.97. The quantitative estimate of drug-likeness (QED) is 0.557. The molecule has 4 nitrogen and oxygen atoms in total. The zero-order valence-electron chi connectivity index (χ0n) is 12.2. The van der Waals surface area contributed by atoms with Gasteiger partial charge >= 0.3 is 5.97 Å². The fourth-order valence-electron chi connectivity index (χ4n) is 1.23. The minimum atomic E-state index is -0.681. The van der Waals surface area contributed by atoms with Gasteiger partial charge in [-0.15, -0.1) is 0 Å². The maximum atomic E-state index is 10.1. The monoisotopic (exact) mass is 261 g/mol. The lowest BCUT2D eigenvalue weighted by Gasteiger charge is -2.11. The first-order valence-electron chi connectivity index (χ1n) is 6.97. The van der Waals surface area contributed by atoms with E-state index in [2.05, 4.69) is 6.92 Å². The van der Waals surface area contributed by atoms with Crippen molar-refractivity contribution >= 4 is 5.97 Å². The van der Waals surface area contributed by atoms with Gasteiger partial charge in [-0.1, -0.05) is 45.4 Å². The lowest BCUT2D eigenvalue weighted by atomic mass is 10.1. The van der Waals surface area contributed by atoms with E-state index in [1.807, 2.05) is 0 Å². The molecule has 0 atom stereocenters. The molecule has 0 aromatic rings. The van der Waals surface area contributed by atoms with Crippen molar-refractivity contribution in [3.8, 4) is 0 Å². The van der Waals surface area contributed by atoms with Gasteiger partial charge in [0.2, 0.25) is 0 Å². The summed E-state index contributed by atoms with van der Waals surface area (Å²) in [5.74, 6) is -0.663. The molecule has 0 heterocycles. The van der Waals surface area contributed by atoms with E-state index in [9.17, 15) is 4.79 Å². The average molecular weight is 261 g/mol. The first-order chi connectivity index (χ1) is 8.33. The summed E-state index contributed by atoms with van der Waals surface area (Å²) >= 11 is 0. The van der Waals surface area contributed by atoms with Crippen molar-refractivity contribution in [2.45, 2.75) is 77.7 Å². The highest BCUT2D eigenvalue weighted by atomic mass is 16.4. The van der Waals surface area contributed by atoms with Crippen molar-refractivity contribution < 1.29 is 15.0 Å². The maximum absolute atomic E-state index is 10.1. The number of nitrogens with two attached hydrogens (primary N) is 1. The van der Waals surface area contributed by atoms with Crippen molar-refractivity contribution in [1.29, 1.82) is 0 Å². The molecule has 0 bridgehead atoms. The summed E-state index contributed by atoms with van der Waals surface area (Å²) in [4.78, 5) is 10.1. The molecular formula is C14H31NO3. The van der Waals surface area contributed by atoms with Crippen molar-refractivity contribution in [1.82, 2.24) is 0 Å². The second kappa shape index (κ2) is 12.8. The second-order valence-corrected chi connectivity index (χ2v) is 5.28. The Kier molecular flexibility index (Phi) is 14.1. The van der Waals surface area contributed by atoms with E-state index in [0.29, 0.717) is 13.0 Å². The molecule has 4 heteroatoms. The van der Waals surface area contributed by atoms with Gasteiger partial charge in [-0.05, 0) is 20.3 Å². The summed E-state index contributed by atoms with van der Waals surface area (Å²) in [6.07, 6.45) is 8.64. The largest absolute Gasteiger partial charge is 0.481 e. The molecular weight excluding hydrogens is 230 g/mol. The molecule has 0 aromatic carbocycles. The Balaban J connectivity index is 0. The van der Waals surface area contributed by atoms with Gasteiger partial charge in [-0.25, -0.2) is 0 Å². The maximum Gasteiger partial charge on any atom is 0.303 e. The summed E-state index contributed by atoms with van der Waals surface area (Å²) in [6.45, 7) is 5.87. The Bertz CT molecular complexity index is 188. The van der Waals surface area contributed by atoms with E-state index < -0.39 is 11.6 Å². The van der Waals surface area contributed by atoms with Crippen LogP contribution in [-0.4, -0.2) is 28.3 Å². The van der Waals surface area contributed by atoms with Crippen LogP contribution in [0.3, 0.4) is 0 Å². The molecule has 0 aliphatic heterocycles. The van der Waals surface area contributed by atoms with Crippen molar-refractivity contribution in [3.63, 3.8) is 0 Å². The topological polar surface area (TPSA) is 83.5 Å². The van der Waals surface area contributed by atoms with Crippen LogP contribution in [0, 0.1) is 0 Å². The van der Waals surface area contributed by atoms with E-state index >= 15 is 0 Å². The molecule has 0 spiro atoms. The number of unbranched alkanes of at least 4 members (excludes halogenated alkanes) is 6. The Morgan fingerprint density at radius 3 is 1.78 bits per heavy atom. The molecule has 0 fully saturated rings. The third kappa shape index (κ3) is 24.6. The summed E-state index contributed by atoms with van der Waals surface area (Å²) in [5.41, 5.74) is 4.38. The van der Waals surface area contributed by atoms with Gasteiger partial charge in [0.15, 0.2) is 0 Å². The fraction of sp³-hybridized carbons (Fsp3) is 0.929. The van der Waals surface area contributed by atoms with E-state index in [0.717, 1.165) is 12.8 Å². The summed E-state index contributed by atoms with van der Waals surface area (Å²) in [5, 5.41) is 17.1. The number of aliphatic carboxylic acids is 1. The van der Waals surface area contributed by atoms with Crippen LogP contribution in [0.5, 0.6) is 0 Å². The normalized spacial score (nSPS) is 10.7. The summed E-state index contributed by atoms with van der Waals surface area (Å²) in [6, 6.07) is 0. The van der Waals surface area contributed by atoms with Gasteiger partial charge in [0.1, 0.15) is 0 Å². The molecule has 0 radical (unpaired) electrons. The predicted octanol–water partition coefficient (Wildman–Crippen LogP) is 2.93. The minimum Gasteiger partial charge on any atom is -0.481 e. The smallest absolute Gasteiger partial charge is 0.303 e. The highest BCUT2D eigenvalue weighted by Crippen LogP contribution is 2.07. The molecule has 110 valence electrons. The predicted molar refractivity (Wildman–Crippen MR) is 75.6 cm³/mol. The van der Waals surface area contributed by atoms with Crippen LogP contribution in [0.1, 0.15) is 72.1 Å². The zero-order valence-corrected chi connectivity index (χ0v) is 12.2. The number of carboxylic acid groups (broad SMARTS) is 1. The number of hydrogen-bond acceptors (Lipinski definition) is 3. The minimum absolute atomic E-state index is 0.326. The van der Waals surface area contributed by atoms with E-state index in [-0.39, 0.29) is 0 Å². The lowest BCUT2D eigenvalue weighted by Crippen LogP contribution is -2.29. The third-order valence-electron chi connectivity index (χ3n) is 2.49.